The first-order valence-corrected chi connectivity index (χ1v) is 4.83. The number of ketones is 1. The Morgan fingerprint density at radius 2 is 1.80 bits per heavy atom. The van der Waals surface area contributed by atoms with Crippen LogP contribution in [0.2, 0.25) is 0 Å². The second kappa shape index (κ2) is 4.73. The maximum Gasteiger partial charge on any atom is 0.379 e. The minimum Gasteiger partial charge on any atom is -0.457 e. The number of ether oxygens (including phenoxy) is 1. The quantitative estimate of drug-likeness (QED) is 0.432. The van der Waals surface area contributed by atoms with Gasteiger partial charge in [-0.05, 0) is 26.3 Å². The van der Waals surface area contributed by atoms with Gasteiger partial charge in [-0.25, -0.2) is 4.79 Å². The molecule has 1 rings (SSSR count). The van der Waals surface area contributed by atoms with Gasteiger partial charge in [-0.2, -0.15) is 0 Å². The summed E-state index contributed by atoms with van der Waals surface area (Å²) in [6.45, 7) is 5.21. The fourth-order valence-electron chi connectivity index (χ4n) is 1.21. The zero-order valence-corrected chi connectivity index (χ0v) is 9.11. The lowest BCUT2D eigenvalue weighted by Crippen LogP contribution is -2.21. The largest absolute Gasteiger partial charge is 0.457 e. The van der Waals surface area contributed by atoms with E-state index in [0.29, 0.717) is 5.56 Å². The summed E-state index contributed by atoms with van der Waals surface area (Å²) in [4.78, 5) is 23.0. The summed E-state index contributed by atoms with van der Waals surface area (Å²) in [7, 11) is 0. The molecule has 0 atom stereocenters. The molecule has 1 aromatic carbocycles. The number of rotatable bonds is 3. The van der Waals surface area contributed by atoms with E-state index in [1.54, 1.807) is 39.0 Å². The van der Waals surface area contributed by atoms with Crippen molar-refractivity contribution in [1.82, 2.24) is 0 Å². The molecule has 0 aromatic heterocycles. The summed E-state index contributed by atoms with van der Waals surface area (Å²) in [6, 6.07) is 6.96. The van der Waals surface area contributed by atoms with Gasteiger partial charge in [-0.15, -0.1) is 0 Å². The van der Waals surface area contributed by atoms with Crippen LogP contribution in [0.1, 0.15) is 29.8 Å². The Morgan fingerprint density at radius 1 is 1.20 bits per heavy atom. The van der Waals surface area contributed by atoms with Gasteiger partial charge in [0.25, 0.3) is 5.78 Å². The Morgan fingerprint density at radius 3 is 2.33 bits per heavy atom. The Bertz CT molecular complexity index is 380. The highest BCUT2D eigenvalue weighted by molar-refractivity contribution is 6.41. The standard InChI is InChI=1S/C12H14O3/c1-8(2)15-12(14)11(13)10-7-5-4-6-9(10)3/h4-8H,1-3H3. The lowest BCUT2D eigenvalue weighted by Gasteiger charge is -2.07. The first kappa shape index (κ1) is 11.4. The molecule has 1 aromatic rings. The van der Waals surface area contributed by atoms with Crippen molar-refractivity contribution in [2.24, 2.45) is 0 Å². The van der Waals surface area contributed by atoms with Crippen molar-refractivity contribution >= 4 is 11.8 Å². The minimum absolute atomic E-state index is 0.273. The van der Waals surface area contributed by atoms with Gasteiger partial charge in [-0.1, -0.05) is 24.3 Å². The van der Waals surface area contributed by atoms with Crippen molar-refractivity contribution in [3.63, 3.8) is 0 Å². The first-order chi connectivity index (χ1) is 7.02. The van der Waals surface area contributed by atoms with E-state index in [1.807, 2.05) is 6.07 Å². The number of carbonyl (C=O) groups excluding carboxylic acids is 2. The Balaban J connectivity index is 2.86. The highest BCUT2D eigenvalue weighted by Gasteiger charge is 2.20. The van der Waals surface area contributed by atoms with Crippen LogP contribution in [0.4, 0.5) is 0 Å². The molecule has 3 heteroatoms. The summed E-state index contributed by atoms with van der Waals surface area (Å²) in [6.07, 6.45) is -0.273. The zero-order valence-electron chi connectivity index (χ0n) is 9.11. The number of carbonyl (C=O) groups is 2. The van der Waals surface area contributed by atoms with Gasteiger partial charge in [-0.3, -0.25) is 4.79 Å². The molecule has 0 fully saturated rings. The van der Waals surface area contributed by atoms with E-state index in [4.69, 9.17) is 4.74 Å². The smallest absolute Gasteiger partial charge is 0.379 e. The van der Waals surface area contributed by atoms with E-state index in [0.717, 1.165) is 5.56 Å². The molecule has 0 radical (unpaired) electrons. The number of esters is 1. The molecular formula is C12H14O3. The van der Waals surface area contributed by atoms with Crippen molar-refractivity contribution in [3.05, 3.63) is 35.4 Å². The van der Waals surface area contributed by atoms with E-state index in [9.17, 15) is 9.59 Å². The van der Waals surface area contributed by atoms with Gasteiger partial charge >= 0.3 is 5.97 Å². The first-order valence-electron chi connectivity index (χ1n) is 4.83. The topological polar surface area (TPSA) is 43.4 Å². The average molecular weight is 206 g/mol. The van der Waals surface area contributed by atoms with Crippen LogP contribution in [-0.2, 0) is 9.53 Å². The molecule has 0 N–H and O–H groups in total. The van der Waals surface area contributed by atoms with Gasteiger partial charge in [0.2, 0.25) is 0 Å². The van der Waals surface area contributed by atoms with Gasteiger partial charge < -0.3 is 4.74 Å². The van der Waals surface area contributed by atoms with E-state index in [-0.39, 0.29) is 6.10 Å². The fraction of sp³-hybridized carbons (Fsp3) is 0.333. The van der Waals surface area contributed by atoms with Crippen molar-refractivity contribution in [3.8, 4) is 0 Å². The fourth-order valence-corrected chi connectivity index (χ4v) is 1.21. The van der Waals surface area contributed by atoms with Gasteiger partial charge in [0, 0.05) is 5.56 Å². The molecule has 3 nitrogen and oxygen atoms in total. The maximum absolute atomic E-state index is 11.6. The highest BCUT2D eigenvalue weighted by Crippen LogP contribution is 2.09. The Hall–Kier alpha value is -1.64. The third-order valence-electron chi connectivity index (χ3n) is 1.92. The van der Waals surface area contributed by atoms with Crippen LogP contribution >= 0.6 is 0 Å². The van der Waals surface area contributed by atoms with Crippen LogP contribution in [0.15, 0.2) is 24.3 Å². The molecule has 0 aliphatic carbocycles. The summed E-state index contributed by atoms with van der Waals surface area (Å²) >= 11 is 0. The zero-order chi connectivity index (χ0) is 11.4. The van der Waals surface area contributed by atoms with Crippen LogP contribution in [0.5, 0.6) is 0 Å². The van der Waals surface area contributed by atoms with E-state index >= 15 is 0 Å². The Kier molecular flexibility index (Phi) is 3.61. The summed E-state index contributed by atoms with van der Waals surface area (Å²) in [5.41, 5.74) is 1.19. The van der Waals surface area contributed by atoms with Crippen LogP contribution in [-0.4, -0.2) is 17.9 Å². The van der Waals surface area contributed by atoms with Crippen LogP contribution in [0, 0.1) is 6.92 Å². The second-order valence-electron chi connectivity index (χ2n) is 3.60. The predicted octanol–water partition coefficient (Wildman–Crippen LogP) is 2.13. The SMILES string of the molecule is Cc1ccccc1C(=O)C(=O)OC(C)C. The molecule has 0 aliphatic heterocycles. The minimum atomic E-state index is -0.792. The third kappa shape index (κ3) is 2.91. The monoisotopic (exact) mass is 206 g/mol. The second-order valence-corrected chi connectivity index (χ2v) is 3.60. The number of aryl methyl sites for hydroxylation is 1. The highest BCUT2D eigenvalue weighted by atomic mass is 16.5. The number of benzene rings is 1. The van der Waals surface area contributed by atoms with Crippen LogP contribution in [0.25, 0.3) is 0 Å². The summed E-state index contributed by atoms with van der Waals surface area (Å²) in [5, 5.41) is 0. The van der Waals surface area contributed by atoms with E-state index in [1.165, 1.54) is 0 Å². The molecular weight excluding hydrogens is 192 g/mol. The summed E-state index contributed by atoms with van der Waals surface area (Å²) in [5.74, 6) is -1.37. The van der Waals surface area contributed by atoms with E-state index < -0.39 is 11.8 Å². The number of hydrogen-bond acceptors (Lipinski definition) is 3. The third-order valence-corrected chi connectivity index (χ3v) is 1.92. The van der Waals surface area contributed by atoms with E-state index in [2.05, 4.69) is 0 Å². The number of Topliss-reactive ketones (excluding diaryl/α,β-unsaturated/α-hetero) is 1. The predicted molar refractivity (Wildman–Crippen MR) is 56.7 cm³/mol. The molecule has 0 saturated heterocycles. The molecule has 0 amide bonds. The lowest BCUT2D eigenvalue weighted by atomic mass is 10.1. The number of hydrogen-bond donors (Lipinski definition) is 0. The van der Waals surface area contributed by atoms with Crippen LogP contribution < -0.4 is 0 Å². The van der Waals surface area contributed by atoms with Crippen molar-refractivity contribution in [2.45, 2.75) is 26.9 Å². The molecule has 80 valence electrons. The van der Waals surface area contributed by atoms with Gasteiger partial charge in [0.1, 0.15) is 0 Å². The molecule has 0 saturated carbocycles. The summed E-state index contributed by atoms with van der Waals surface area (Å²) < 4.78 is 4.83. The maximum atomic E-state index is 11.6. The molecule has 0 heterocycles. The normalized spacial score (nSPS) is 10.1. The molecule has 0 bridgehead atoms. The Labute approximate surface area is 89.1 Å². The molecule has 0 unspecified atom stereocenters. The lowest BCUT2D eigenvalue weighted by molar-refractivity contribution is -0.141. The average Bonchev–Trinajstić information content (AvgIpc) is 2.16. The van der Waals surface area contributed by atoms with Crippen molar-refractivity contribution < 1.29 is 14.3 Å². The van der Waals surface area contributed by atoms with Gasteiger partial charge in [0.05, 0.1) is 6.10 Å². The van der Waals surface area contributed by atoms with Crippen molar-refractivity contribution in [1.29, 1.82) is 0 Å². The molecule has 0 aliphatic rings. The van der Waals surface area contributed by atoms with Crippen molar-refractivity contribution in [2.75, 3.05) is 0 Å². The van der Waals surface area contributed by atoms with Gasteiger partial charge in [0.15, 0.2) is 0 Å². The van der Waals surface area contributed by atoms with Crippen LogP contribution in [0.3, 0.4) is 0 Å². The molecule has 0 spiro atoms. The molecule has 15 heavy (non-hydrogen) atoms.